The Labute approximate surface area is 156 Å². The normalized spacial score (nSPS) is 18.0. The molecule has 26 heavy (non-hydrogen) atoms. The van der Waals surface area contributed by atoms with Crippen LogP contribution < -0.4 is 5.73 Å². The van der Waals surface area contributed by atoms with E-state index in [0.29, 0.717) is 13.1 Å². The van der Waals surface area contributed by atoms with Crippen LogP contribution in [-0.2, 0) is 25.0 Å². The van der Waals surface area contributed by atoms with Gasteiger partial charge < -0.3 is 15.4 Å². The van der Waals surface area contributed by atoms with Gasteiger partial charge in [-0.3, -0.25) is 4.79 Å². The van der Waals surface area contributed by atoms with Crippen molar-refractivity contribution >= 4 is 15.9 Å². The SMILES string of the molecule is COCC(N)C(=O)N1CCN(S(=O)(=O)c2ccc(C(C)(C)C)cc2)CC1. The van der Waals surface area contributed by atoms with Gasteiger partial charge in [-0.1, -0.05) is 32.9 Å². The number of benzene rings is 1. The first-order valence-corrected chi connectivity index (χ1v) is 10.2. The molecule has 1 saturated heterocycles. The molecule has 1 aliphatic heterocycles. The molecule has 2 rings (SSSR count). The fraction of sp³-hybridized carbons (Fsp3) is 0.611. The van der Waals surface area contributed by atoms with Crippen LogP contribution in [0, 0.1) is 0 Å². The predicted octanol–water partition coefficient (Wildman–Crippen LogP) is 0.791. The fourth-order valence-corrected chi connectivity index (χ4v) is 4.33. The first-order valence-electron chi connectivity index (χ1n) is 8.71. The summed E-state index contributed by atoms with van der Waals surface area (Å²) >= 11 is 0. The summed E-state index contributed by atoms with van der Waals surface area (Å²) in [6.45, 7) is 7.58. The van der Waals surface area contributed by atoms with Crippen molar-refractivity contribution in [3.63, 3.8) is 0 Å². The number of carbonyl (C=O) groups excluding carboxylic acids is 1. The quantitative estimate of drug-likeness (QED) is 0.811. The Bertz CT molecular complexity index is 718. The van der Waals surface area contributed by atoms with Gasteiger partial charge in [0, 0.05) is 33.3 Å². The Morgan fingerprint density at radius 1 is 1.15 bits per heavy atom. The van der Waals surface area contributed by atoms with E-state index in [4.69, 9.17) is 10.5 Å². The number of ether oxygens (including phenoxy) is 1. The Kier molecular flexibility index (Phi) is 6.44. The molecule has 8 heteroatoms. The van der Waals surface area contributed by atoms with E-state index in [2.05, 4.69) is 20.8 Å². The molecule has 1 aromatic carbocycles. The minimum atomic E-state index is -3.56. The lowest BCUT2D eigenvalue weighted by molar-refractivity contribution is -0.134. The minimum Gasteiger partial charge on any atom is -0.383 e. The molecule has 1 aromatic rings. The monoisotopic (exact) mass is 383 g/mol. The summed E-state index contributed by atoms with van der Waals surface area (Å²) in [6.07, 6.45) is 0. The van der Waals surface area contributed by atoms with Gasteiger partial charge in [-0.25, -0.2) is 8.42 Å². The van der Waals surface area contributed by atoms with E-state index in [1.807, 2.05) is 12.1 Å². The van der Waals surface area contributed by atoms with Crippen molar-refractivity contribution in [3.05, 3.63) is 29.8 Å². The number of piperazine rings is 1. The zero-order valence-corrected chi connectivity index (χ0v) is 16.8. The van der Waals surface area contributed by atoms with Crippen LogP contribution in [0.4, 0.5) is 0 Å². The highest BCUT2D eigenvalue weighted by Gasteiger charge is 2.31. The molecule has 0 aliphatic carbocycles. The summed E-state index contributed by atoms with van der Waals surface area (Å²) in [5, 5.41) is 0. The van der Waals surface area contributed by atoms with Crippen molar-refractivity contribution in [1.82, 2.24) is 9.21 Å². The first kappa shape index (κ1) is 20.8. The Balaban J connectivity index is 2.05. The minimum absolute atomic E-state index is 0.0325. The number of rotatable bonds is 5. The molecule has 0 bridgehead atoms. The average Bonchev–Trinajstić information content (AvgIpc) is 2.60. The van der Waals surface area contributed by atoms with E-state index < -0.39 is 16.1 Å². The lowest BCUT2D eigenvalue weighted by Crippen LogP contribution is -2.55. The van der Waals surface area contributed by atoms with E-state index in [9.17, 15) is 13.2 Å². The zero-order chi connectivity index (χ0) is 19.5. The molecule has 0 spiro atoms. The number of carbonyl (C=O) groups is 1. The highest BCUT2D eigenvalue weighted by atomic mass is 32.2. The third kappa shape index (κ3) is 4.62. The van der Waals surface area contributed by atoms with Gasteiger partial charge in [0.25, 0.3) is 0 Å². The molecular weight excluding hydrogens is 354 g/mol. The van der Waals surface area contributed by atoms with Crippen molar-refractivity contribution in [3.8, 4) is 0 Å². The summed E-state index contributed by atoms with van der Waals surface area (Å²) in [5.74, 6) is -0.210. The summed E-state index contributed by atoms with van der Waals surface area (Å²) in [7, 11) is -2.08. The van der Waals surface area contributed by atoms with E-state index in [1.165, 1.54) is 11.4 Å². The van der Waals surface area contributed by atoms with Gasteiger partial charge in [-0.15, -0.1) is 0 Å². The average molecular weight is 384 g/mol. The largest absolute Gasteiger partial charge is 0.383 e. The second-order valence-corrected chi connectivity index (χ2v) is 9.50. The van der Waals surface area contributed by atoms with Gasteiger partial charge in [-0.2, -0.15) is 4.31 Å². The van der Waals surface area contributed by atoms with Crippen LogP contribution in [0.2, 0.25) is 0 Å². The molecule has 1 atom stereocenters. The van der Waals surface area contributed by atoms with Gasteiger partial charge >= 0.3 is 0 Å². The molecule has 1 amide bonds. The highest BCUT2D eigenvalue weighted by Crippen LogP contribution is 2.25. The lowest BCUT2D eigenvalue weighted by atomic mass is 9.87. The maximum atomic E-state index is 12.8. The number of amides is 1. The Hall–Kier alpha value is -1.48. The second kappa shape index (κ2) is 8.04. The molecule has 1 aliphatic rings. The summed E-state index contributed by atoms with van der Waals surface area (Å²) in [4.78, 5) is 14.1. The molecule has 1 unspecified atom stereocenters. The maximum absolute atomic E-state index is 12.8. The van der Waals surface area contributed by atoms with Crippen molar-refractivity contribution in [2.24, 2.45) is 5.73 Å². The van der Waals surface area contributed by atoms with Crippen molar-refractivity contribution < 1.29 is 17.9 Å². The lowest BCUT2D eigenvalue weighted by Gasteiger charge is -2.35. The van der Waals surface area contributed by atoms with Crippen molar-refractivity contribution in [1.29, 1.82) is 0 Å². The van der Waals surface area contributed by atoms with E-state index in [0.717, 1.165) is 5.56 Å². The van der Waals surface area contributed by atoms with Crippen molar-refractivity contribution in [2.45, 2.75) is 37.1 Å². The van der Waals surface area contributed by atoms with Gasteiger partial charge in [0.2, 0.25) is 15.9 Å². The van der Waals surface area contributed by atoms with Crippen LogP contribution in [0.25, 0.3) is 0 Å². The van der Waals surface area contributed by atoms with Crippen LogP contribution >= 0.6 is 0 Å². The number of nitrogens with two attached hydrogens (primary N) is 1. The Morgan fingerprint density at radius 2 is 1.69 bits per heavy atom. The van der Waals surface area contributed by atoms with E-state index in [1.54, 1.807) is 17.0 Å². The molecule has 0 radical (unpaired) electrons. The third-order valence-corrected chi connectivity index (χ3v) is 6.48. The number of hydrogen-bond donors (Lipinski definition) is 1. The first-order chi connectivity index (χ1) is 12.1. The second-order valence-electron chi connectivity index (χ2n) is 7.57. The van der Waals surface area contributed by atoms with Crippen LogP contribution in [-0.4, -0.2) is 69.5 Å². The standard InChI is InChI=1S/C18H29N3O4S/c1-18(2,3)14-5-7-15(8-6-14)26(23,24)21-11-9-20(10-12-21)17(22)16(19)13-25-4/h5-8,16H,9-13,19H2,1-4H3. The molecule has 0 saturated carbocycles. The van der Waals surface area contributed by atoms with Gasteiger partial charge in [-0.05, 0) is 23.1 Å². The zero-order valence-electron chi connectivity index (χ0n) is 15.9. The number of nitrogens with zero attached hydrogens (tertiary/aromatic N) is 2. The van der Waals surface area contributed by atoms with Crippen molar-refractivity contribution in [2.75, 3.05) is 39.9 Å². The van der Waals surface area contributed by atoms with Gasteiger partial charge in [0.1, 0.15) is 6.04 Å². The van der Waals surface area contributed by atoms with Crippen LogP contribution in [0.3, 0.4) is 0 Å². The van der Waals surface area contributed by atoms with E-state index in [-0.39, 0.29) is 35.9 Å². The topological polar surface area (TPSA) is 92.9 Å². The number of methoxy groups -OCH3 is 1. The molecule has 146 valence electrons. The van der Waals surface area contributed by atoms with Gasteiger partial charge in [0.05, 0.1) is 11.5 Å². The molecule has 2 N–H and O–H groups in total. The maximum Gasteiger partial charge on any atom is 0.243 e. The molecular formula is C18H29N3O4S. The number of sulfonamides is 1. The summed E-state index contributed by atoms with van der Waals surface area (Å²) < 4.78 is 32.0. The van der Waals surface area contributed by atoms with Crippen LogP contribution in [0.15, 0.2) is 29.2 Å². The molecule has 1 fully saturated rings. The predicted molar refractivity (Wildman–Crippen MR) is 100 cm³/mol. The van der Waals surface area contributed by atoms with Gasteiger partial charge in [0.15, 0.2) is 0 Å². The van der Waals surface area contributed by atoms with Crippen LogP contribution in [0.5, 0.6) is 0 Å². The third-order valence-electron chi connectivity index (χ3n) is 4.57. The Morgan fingerprint density at radius 3 is 2.15 bits per heavy atom. The summed E-state index contributed by atoms with van der Waals surface area (Å²) in [6, 6.07) is 6.31. The fourth-order valence-electron chi connectivity index (χ4n) is 2.91. The molecule has 0 aromatic heterocycles. The smallest absolute Gasteiger partial charge is 0.243 e. The van der Waals surface area contributed by atoms with Crippen LogP contribution in [0.1, 0.15) is 26.3 Å². The highest BCUT2D eigenvalue weighted by molar-refractivity contribution is 7.89. The van der Waals surface area contributed by atoms with E-state index >= 15 is 0 Å². The molecule has 1 heterocycles. The number of hydrogen-bond acceptors (Lipinski definition) is 5. The summed E-state index contributed by atoms with van der Waals surface area (Å²) in [5.41, 5.74) is 6.82. The molecule has 7 nitrogen and oxygen atoms in total.